The Labute approximate surface area is 80.9 Å². The molecule has 0 radical (unpaired) electrons. The molecule has 0 aliphatic heterocycles. The average molecular weight is 208 g/mol. The van der Waals surface area contributed by atoms with Crippen molar-refractivity contribution >= 4 is 14.0 Å². The SMILES string of the molecule is O=C[C@H](O)[C@@H](O)[C@H](O)[C@H](O)COBO. The normalized spacial score (nSPS) is 19.5. The molecule has 0 amide bonds. The molecule has 0 saturated heterocycles. The maximum absolute atomic E-state index is 10.0. The van der Waals surface area contributed by atoms with E-state index in [1.54, 1.807) is 0 Å². The van der Waals surface area contributed by atoms with Gasteiger partial charge in [0.2, 0.25) is 0 Å². The minimum atomic E-state index is -1.79. The molecule has 0 rings (SSSR count). The van der Waals surface area contributed by atoms with Crippen molar-refractivity contribution in [3.05, 3.63) is 0 Å². The van der Waals surface area contributed by atoms with E-state index in [2.05, 4.69) is 4.65 Å². The van der Waals surface area contributed by atoms with Crippen LogP contribution < -0.4 is 0 Å². The van der Waals surface area contributed by atoms with Gasteiger partial charge in [-0.25, -0.2) is 0 Å². The molecular formula is C6H13BO7. The number of carbonyl (C=O) groups is 1. The van der Waals surface area contributed by atoms with Crippen LogP contribution in [0.5, 0.6) is 0 Å². The van der Waals surface area contributed by atoms with E-state index in [4.69, 9.17) is 25.5 Å². The molecule has 8 heteroatoms. The third-order valence-electron chi connectivity index (χ3n) is 1.61. The minimum absolute atomic E-state index is 0.0352. The van der Waals surface area contributed by atoms with Crippen LogP contribution in [0.15, 0.2) is 0 Å². The highest BCUT2D eigenvalue weighted by molar-refractivity contribution is 6.15. The Morgan fingerprint density at radius 3 is 2.21 bits per heavy atom. The molecule has 7 nitrogen and oxygen atoms in total. The topological polar surface area (TPSA) is 127 Å². The Morgan fingerprint density at radius 2 is 1.79 bits per heavy atom. The van der Waals surface area contributed by atoms with Crippen LogP contribution in [0.25, 0.3) is 0 Å². The van der Waals surface area contributed by atoms with Crippen LogP contribution in [-0.2, 0) is 9.45 Å². The Hall–Kier alpha value is -0.505. The Bertz CT molecular complexity index is 166. The summed E-state index contributed by atoms with van der Waals surface area (Å²) in [6, 6.07) is 0. The Kier molecular flexibility index (Phi) is 6.63. The standard InChI is InChI=1S/C6H13BO7/c8-1-3(9)5(11)6(12)4(10)2-14-7-13/h1,3-7,9-13H,2H2/t3-,4+,5+,6+/m0/s1. The van der Waals surface area contributed by atoms with Crippen LogP contribution >= 0.6 is 0 Å². The van der Waals surface area contributed by atoms with Crippen LogP contribution in [0.4, 0.5) is 0 Å². The maximum atomic E-state index is 10.0. The van der Waals surface area contributed by atoms with Crippen molar-refractivity contribution in [3.63, 3.8) is 0 Å². The first kappa shape index (κ1) is 13.5. The summed E-state index contributed by atoms with van der Waals surface area (Å²) in [7, 11) is -0.643. The second-order valence-electron chi connectivity index (χ2n) is 2.68. The van der Waals surface area contributed by atoms with Crippen molar-refractivity contribution in [2.75, 3.05) is 6.61 Å². The fourth-order valence-corrected chi connectivity index (χ4v) is 0.782. The predicted octanol–water partition coefficient (Wildman–Crippen LogP) is -4.10. The van der Waals surface area contributed by atoms with E-state index in [-0.39, 0.29) is 6.29 Å². The fourth-order valence-electron chi connectivity index (χ4n) is 0.782. The van der Waals surface area contributed by atoms with Gasteiger partial charge in [0.05, 0.1) is 6.61 Å². The summed E-state index contributed by atoms with van der Waals surface area (Å²) in [5.41, 5.74) is 0. The molecule has 0 fully saturated rings. The van der Waals surface area contributed by atoms with Crippen molar-refractivity contribution in [2.24, 2.45) is 0 Å². The quantitative estimate of drug-likeness (QED) is 0.212. The zero-order valence-electron chi connectivity index (χ0n) is 7.35. The summed E-state index contributed by atoms with van der Waals surface area (Å²) >= 11 is 0. The number of hydrogen-bond acceptors (Lipinski definition) is 7. The van der Waals surface area contributed by atoms with Gasteiger partial charge in [0.25, 0.3) is 0 Å². The van der Waals surface area contributed by atoms with Gasteiger partial charge >= 0.3 is 7.69 Å². The molecule has 0 saturated carbocycles. The smallest absolute Gasteiger partial charge is 0.430 e. The van der Waals surface area contributed by atoms with Crippen molar-refractivity contribution in [1.82, 2.24) is 0 Å². The number of hydrogen-bond donors (Lipinski definition) is 5. The second kappa shape index (κ2) is 6.88. The molecule has 0 bridgehead atoms. The minimum Gasteiger partial charge on any atom is -0.430 e. The first-order valence-corrected chi connectivity index (χ1v) is 3.90. The van der Waals surface area contributed by atoms with Gasteiger partial charge < -0.3 is 34.9 Å². The predicted molar refractivity (Wildman–Crippen MR) is 45.4 cm³/mol. The second-order valence-corrected chi connectivity index (χ2v) is 2.68. The lowest BCUT2D eigenvalue weighted by atomic mass is 10.0. The molecule has 0 heterocycles. The Morgan fingerprint density at radius 1 is 1.21 bits per heavy atom. The lowest BCUT2D eigenvalue weighted by Gasteiger charge is -2.23. The van der Waals surface area contributed by atoms with Gasteiger partial charge in [-0.1, -0.05) is 0 Å². The van der Waals surface area contributed by atoms with Crippen LogP contribution in [0.1, 0.15) is 0 Å². The summed E-state index contributed by atoms with van der Waals surface area (Å²) in [4.78, 5) is 10.0. The van der Waals surface area contributed by atoms with E-state index < -0.39 is 38.7 Å². The molecular weight excluding hydrogens is 195 g/mol. The largest absolute Gasteiger partial charge is 0.435 e. The van der Waals surface area contributed by atoms with Crippen molar-refractivity contribution in [3.8, 4) is 0 Å². The molecule has 5 N–H and O–H groups in total. The monoisotopic (exact) mass is 208 g/mol. The average Bonchev–Trinajstić information content (AvgIpc) is 2.22. The van der Waals surface area contributed by atoms with Crippen molar-refractivity contribution in [2.45, 2.75) is 24.4 Å². The molecule has 0 unspecified atom stereocenters. The fraction of sp³-hybridized carbons (Fsp3) is 0.833. The lowest BCUT2D eigenvalue weighted by molar-refractivity contribution is -0.135. The molecule has 14 heavy (non-hydrogen) atoms. The van der Waals surface area contributed by atoms with E-state index in [9.17, 15) is 4.79 Å². The third-order valence-corrected chi connectivity index (χ3v) is 1.61. The van der Waals surface area contributed by atoms with Gasteiger partial charge in [-0.15, -0.1) is 0 Å². The van der Waals surface area contributed by atoms with Gasteiger partial charge in [-0.2, -0.15) is 0 Å². The molecule has 0 aromatic heterocycles. The van der Waals surface area contributed by atoms with Crippen molar-refractivity contribution < 1.29 is 34.9 Å². The van der Waals surface area contributed by atoms with Gasteiger partial charge in [0.15, 0.2) is 6.29 Å². The van der Waals surface area contributed by atoms with Crippen LogP contribution in [-0.4, -0.2) is 70.4 Å². The number of aldehydes is 1. The summed E-state index contributed by atoms with van der Waals surface area (Å²) in [5.74, 6) is 0. The van der Waals surface area contributed by atoms with E-state index in [1.807, 2.05) is 0 Å². The summed E-state index contributed by atoms with van der Waals surface area (Å²) < 4.78 is 4.34. The molecule has 0 aliphatic carbocycles. The lowest BCUT2D eigenvalue weighted by Crippen LogP contribution is -2.46. The van der Waals surface area contributed by atoms with E-state index >= 15 is 0 Å². The van der Waals surface area contributed by atoms with Gasteiger partial charge in [0, 0.05) is 0 Å². The van der Waals surface area contributed by atoms with E-state index in [1.165, 1.54) is 0 Å². The zero-order chi connectivity index (χ0) is 11.1. The summed E-state index contributed by atoms with van der Waals surface area (Å²) in [5, 5.41) is 44.3. The number of rotatable bonds is 7. The third kappa shape index (κ3) is 4.14. The highest BCUT2D eigenvalue weighted by Crippen LogP contribution is 2.04. The molecule has 0 aromatic carbocycles. The number of carbonyl (C=O) groups excluding carboxylic acids is 1. The van der Waals surface area contributed by atoms with E-state index in [0.717, 1.165) is 0 Å². The zero-order valence-corrected chi connectivity index (χ0v) is 7.35. The van der Waals surface area contributed by atoms with Crippen LogP contribution in [0.2, 0.25) is 0 Å². The van der Waals surface area contributed by atoms with E-state index in [0.29, 0.717) is 0 Å². The highest BCUT2D eigenvalue weighted by atomic mass is 16.5. The first-order chi connectivity index (χ1) is 6.54. The van der Waals surface area contributed by atoms with Gasteiger partial charge in [-0.3, -0.25) is 0 Å². The van der Waals surface area contributed by atoms with Gasteiger partial charge in [0.1, 0.15) is 24.4 Å². The van der Waals surface area contributed by atoms with Crippen molar-refractivity contribution in [1.29, 1.82) is 0 Å². The maximum Gasteiger partial charge on any atom is 0.435 e. The number of aliphatic hydroxyl groups is 4. The molecule has 0 aromatic rings. The highest BCUT2D eigenvalue weighted by Gasteiger charge is 2.29. The molecule has 0 aliphatic rings. The van der Waals surface area contributed by atoms with Crippen LogP contribution in [0.3, 0.4) is 0 Å². The van der Waals surface area contributed by atoms with Crippen LogP contribution in [0, 0.1) is 0 Å². The molecule has 0 spiro atoms. The molecule has 4 atom stereocenters. The summed E-state index contributed by atoms with van der Waals surface area (Å²) in [6.07, 6.45) is -6.74. The number of aliphatic hydroxyl groups excluding tert-OH is 4. The van der Waals surface area contributed by atoms with Gasteiger partial charge in [-0.05, 0) is 0 Å². The summed E-state index contributed by atoms with van der Waals surface area (Å²) in [6.45, 7) is -0.416. The molecule has 82 valence electrons. The Balaban J connectivity index is 4.02. The first-order valence-electron chi connectivity index (χ1n) is 3.90.